The quantitative estimate of drug-likeness (QED) is 0.394. The molecule has 0 heterocycles. The lowest BCUT2D eigenvalue weighted by Crippen LogP contribution is -2.22. The molecule has 5 nitrogen and oxygen atoms in total. The number of carbonyl (C=O) groups is 2. The second-order valence-electron chi connectivity index (χ2n) is 6.98. The van der Waals surface area contributed by atoms with Gasteiger partial charge in [0.25, 0.3) is 5.91 Å². The molecule has 4 aromatic carbocycles. The summed E-state index contributed by atoms with van der Waals surface area (Å²) >= 11 is 0. The van der Waals surface area contributed by atoms with Crippen molar-refractivity contribution in [3.05, 3.63) is 102 Å². The number of benzene rings is 4. The molecule has 3 amide bonds. The van der Waals surface area contributed by atoms with Crippen LogP contribution in [0.1, 0.15) is 15.9 Å². The van der Waals surface area contributed by atoms with Crippen LogP contribution in [0.3, 0.4) is 0 Å². The van der Waals surface area contributed by atoms with E-state index in [0.717, 1.165) is 16.3 Å². The maximum Gasteiger partial charge on any atom is 0.323 e. The third kappa shape index (κ3) is 4.31. The molecule has 148 valence electrons. The van der Waals surface area contributed by atoms with Crippen molar-refractivity contribution in [1.82, 2.24) is 0 Å². The number of urea groups is 1. The predicted molar refractivity (Wildman–Crippen MR) is 122 cm³/mol. The van der Waals surface area contributed by atoms with Crippen molar-refractivity contribution < 1.29 is 9.59 Å². The smallest absolute Gasteiger partial charge is 0.322 e. The number of rotatable bonds is 4. The first-order valence-corrected chi connectivity index (χ1v) is 9.63. The predicted octanol–water partition coefficient (Wildman–Crippen LogP) is 6.04. The molecule has 0 radical (unpaired) electrons. The summed E-state index contributed by atoms with van der Waals surface area (Å²) in [5.74, 6) is -0.290. The number of hydrogen-bond donors (Lipinski definition) is 3. The molecule has 0 atom stereocenters. The Morgan fingerprint density at radius 2 is 1.33 bits per heavy atom. The van der Waals surface area contributed by atoms with Gasteiger partial charge < -0.3 is 16.0 Å². The van der Waals surface area contributed by atoms with Gasteiger partial charge in [0.15, 0.2) is 0 Å². The first kappa shape index (κ1) is 19.2. The average molecular weight is 395 g/mol. The monoisotopic (exact) mass is 395 g/mol. The third-order valence-corrected chi connectivity index (χ3v) is 4.73. The van der Waals surface area contributed by atoms with Gasteiger partial charge in [-0.1, -0.05) is 60.7 Å². The van der Waals surface area contributed by atoms with Crippen LogP contribution in [0.5, 0.6) is 0 Å². The number of hydrogen-bond acceptors (Lipinski definition) is 2. The number of carbonyl (C=O) groups excluding carboxylic acids is 2. The maximum atomic E-state index is 12.8. The van der Waals surface area contributed by atoms with E-state index in [9.17, 15) is 9.59 Å². The van der Waals surface area contributed by atoms with Gasteiger partial charge in [-0.25, -0.2) is 4.79 Å². The fourth-order valence-electron chi connectivity index (χ4n) is 3.32. The van der Waals surface area contributed by atoms with Gasteiger partial charge in [0.05, 0.1) is 16.9 Å². The van der Waals surface area contributed by atoms with Crippen LogP contribution < -0.4 is 16.0 Å². The minimum Gasteiger partial charge on any atom is -0.322 e. The zero-order valence-corrected chi connectivity index (χ0v) is 16.5. The van der Waals surface area contributed by atoms with Crippen LogP contribution in [0, 0.1) is 6.92 Å². The minimum absolute atomic E-state index is 0.290. The van der Waals surface area contributed by atoms with Crippen molar-refractivity contribution >= 4 is 39.8 Å². The van der Waals surface area contributed by atoms with Crippen molar-refractivity contribution in [2.24, 2.45) is 0 Å². The highest BCUT2D eigenvalue weighted by Crippen LogP contribution is 2.24. The van der Waals surface area contributed by atoms with Crippen LogP contribution in [0.2, 0.25) is 0 Å². The van der Waals surface area contributed by atoms with Crippen LogP contribution in [-0.2, 0) is 0 Å². The molecule has 30 heavy (non-hydrogen) atoms. The Labute approximate surface area is 174 Å². The van der Waals surface area contributed by atoms with Crippen LogP contribution in [0.15, 0.2) is 91.0 Å². The molecule has 0 saturated carbocycles. The van der Waals surface area contributed by atoms with Gasteiger partial charge in [0.2, 0.25) is 0 Å². The Hall–Kier alpha value is -4.12. The standard InChI is InChI=1S/C25H21N3O2/c1-17-8-6-11-19(16-17)26-24(29)21-13-4-5-14-23(21)28-25(30)27-22-15-7-10-18-9-2-3-12-20(18)22/h2-16H,1H3,(H,26,29)(H2,27,28,30). The average Bonchev–Trinajstić information content (AvgIpc) is 2.74. The Morgan fingerprint density at radius 1 is 0.667 bits per heavy atom. The van der Waals surface area contributed by atoms with E-state index in [4.69, 9.17) is 0 Å². The van der Waals surface area contributed by atoms with Crippen LogP contribution >= 0.6 is 0 Å². The fourth-order valence-corrected chi connectivity index (χ4v) is 3.32. The molecule has 0 aliphatic heterocycles. The van der Waals surface area contributed by atoms with E-state index >= 15 is 0 Å². The maximum absolute atomic E-state index is 12.8. The zero-order chi connectivity index (χ0) is 20.9. The first-order chi connectivity index (χ1) is 14.6. The topological polar surface area (TPSA) is 70.2 Å². The van der Waals surface area contributed by atoms with Crippen LogP contribution in [0.25, 0.3) is 10.8 Å². The van der Waals surface area contributed by atoms with Crippen molar-refractivity contribution in [3.8, 4) is 0 Å². The van der Waals surface area contributed by atoms with Crippen molar-refractivity contribution in [2.45, 2.75) is 6.92 Å². The fraction of sp³-hybridized carbons (Fsp3) is 0.0400. The van der Waals surface area contributed by atoms with E-state index in [-0.39, 0.29) is 5.91 Å². The number of para-hydroxylation sites is 1. The van der Waals surface area contributed by atoms with E-state index in [1.165, 1.54) is 0 Å². The highest BCUT2D eigenvalue weighted by atomic mass is 16.2. The number of aryl methyl sites for hydroxylation is 1. The summed E-state index contributed by atoms with van der Waals surface area (Å²) < 4.78 is 0. The molecule has 0 aliphatic rings. The normalized spacial score (nSPS) is 10.4. The van der Waals surface area contributed by atoms with E-state index in [1.807, 2.05) is 73.7 Å². The zero-order valence-electron chi connectivity index (χ0n) is 16.5. The number of amides is 3. The highest BCUT2D eigenvalue weighted by molar-refractivity contribution is 6.12. The van der Waals surface area contributed by atoms with Crippen molar-refractivity contribution in [1.29, 1.82) is 0 Å². The van der Waals surface area contributed by atoms with Crippen LogP contribution in [-0.4, -0.2) is 11.9 Å². The summed E-state index contributed by atoms with van der Waals surface area (Å²) in [5.41, 5.74) is 3.27. The third-order valence-electron chi connectivity index (χ3n) is 4.73. The molecule has 0 spiro atoms. The molecule has 0 saturated heterocycles. The van der Waals surface area contributed by atoms with Gasteiger partial charge in [0, 0.05) is 11.1 Å². The highest BCUT2D eigenvalue weighted by Gasteiger charge is 2.14. The molecular weight excluding hydrogens is 374 g/mol. The van der Waals surface area contributed by atoms with Gasteiger partial charge in [-0.2, -0.15) is 0 Å². The van der Waals surface area contributed by atoms with Crippen molar-refractivity contribution in [3.63, 3.8) is 0 Å². The minimum atomic E-state index is -0.415. The molecular formula is C25H21N3O2. The number of nitrogens with one attached hydrogen (secondary N) is 3. The lowest BCUT2D eigenvalue weighted by Gasteiger charge is -2.13. The van der Waals surface area contributed by atoms with Gasteiger partial charge >= 0.3 is 6.03 Å². The Balaban J connectivity index is 1.52. The summed E-state index contributed by atoms with van der Waals surface area (Å²) in [6.45, 7) is 1.96. The summed E-state index contributed by atoms with van der Waals surface area (Å²) in [6.07, 6.45) is 0. The summed E-state index contributed by atoms with van der Waals surface area (Å²) in [5, 5.41) is 10.5. The molecule has 4 rings (SSSR count). The molecule has 3 N–H and O–H groups in total. The second kappa shape index (κ2) is 8.49. The van der Waals surface area contributed by atoms with E-state index in [1.54, 1.807) is 24.3 Å². The van der Waals surface area contributed by atoms with Gasteiger partial charge in [-0.15, -0.1) is 0 Å². The lowest BCUT2D eigenvalue weighted by atomic mass is 10.1. The Morgan fingerprint density at radius 3 is 2.20 bits per heavy atom. The van der Waals surface area contributed by atoms with E-state index in [2.05, 4.69) is 16.0 Å². The van der Waals surface area contributed by atoms with Crippen LogP contribution in [0.4, 0.5) is 21.9 Å². The Bertz CT molecular complexity index is 1230. The molecule has 0 fully saturated rings. The molecule has 0 aliphatic carbocycles. The summed E-state index contributed by atoms with van der Waals surface area (Å²) in [7, 11) is 0. The molecule has 0 bridgehead atoms. The van der Waals surface area contributed by atoms with Crippen molar-refractivity contribution in [2.75, 3.05) is 16.0 Å². The first-order valence-electron chi connectivity index (χ1n) is 9.63. The summed E-state index contributed by atoms with van der Waals surface area (Å²) in [4.78, 5) is 25.4. The lowest BCUT2D eigenvalue weighted by molar-refractivity contribution is 0.102. The number of fused-ring (bicyclic) bond motifs is 1. The van der Waals surface area contributed by atoms with Gasteiger partial charge in [0.1, 0.15) is 0 Å². The summed E-state index contributed by atoms with van der Waals surface area (Å²) in [6, 6.07) is 27.6. The molecule has 5 heteroatoms. The van der Waals surface area contributed by atoms with E-state index in [0.29, 0.717) is 22.6 Å². The molecule has 4 aromatic rings. The SMILES string of the molecule is Cc1cccc(NC(=O)c2ccccc2NC(=O)Nc2cccc3ccccc23)c1. The van der Waals surface area contributed by atoms with E-state index < -0.39 is 6.03 Å². The second-order valence-corrected chi connectivity index (χ2v) is 6.98. The molecule has 0 unspecified atom stereocenters. The largest absolute Gasteiger partial charge is 0.323 e. The Kier molecular flexibility index (Phi) is 5.44. The molecule has 0 aromatic heterocycles. The number of anilines is 3. The van der Waals surface area contributed by atoms with Gasteiger partial charge in [-0.05, 0) is 48.2 Å². The van der Waals surface area contributed by atoms with Gasteiger partial charge in [-0.3, -0.25) is 4.79 Å².